The van der Waals surface area contributed by atoms with E-state index in [1.165, 1.54) is 0 Å². The van der Waals surface area contributed by atoms with E-state index in [1.807, 2.05) is 6.92 Å². The third kappa shape index (κ3) is 5.17. The Morgan fingerprint density at radius 1 is 1.29 bits per heavy atom. The van der Waals surface area contributed by atoms with E-state index in [4.69, 9.17) is 9.84 Å². The minimum absolute atomic E-state index is 0.0905. The SMILES string of the molecule is CCOCC(=O)NCC1CCC(C(=O)O)CC1. The highest BCUT2D eigenvalue weighted by atomic mass is 16.5. The summed E-state index contributed by atoms with van der Waals surface area (Å²) < 4.78 is 4.99. The number of hydrogen-bond donors (Lipinski definition) is 2. The number of carbonyl (C=O) groups is 2. The number of aliphatic carboxylic acids is 1. The van der Waals surface area contributed by atoms with Crippen LogP contribution in [0.25, 0.3) is 0 Å². The maximum Gasteiger partial charge on any atom is 0.306 e. The van der Waals surface area contributed by atoms with Crippen molar-refractivity contribution in [3.05, 3.63) is 0 Å². The van der Waals surface area contributed by atoms with Gasteiger partial charge in [0.1, 0.15) is 6.61 Å². The van der Waals surface area contributed by atoms with Crippen molar-refractivity contribution in [1.82, 2.24) is 5.32 Å². The molecule has 0 saturated heterocycles. The molecule has 1 fully saturated rings. The monoisotopic (exact) mass is 243 g/mol. The summed E-state index contributed by atoms with van der Waals surface area (Å²) in [5.74, 6) is -0.558. The van der Waals surface area contributed by atoms with Gasteiger partial charge in [-0.25, -0.2) is 0 Å². The van der Waals surface area contributed by atoms with Crippen LogP contribution in [0, 0.1) is 11.8 Å². The Morgan fingerprint density at radius 3 is 2.47 bits per heavy atom. The highest BCUT2D eigenvalue weighted by Crippen LogP contribution is 2.28. The number of carboxylic acids is 1. The Kier molecular flexibility index (Phi) is 5.97. The number of hydrogen-bond acceptors (Lipinski definition) is 3. The van der Waals surface area contributed by atoms with Crippen molar-refractivity contribution in [1.29, 1.82) is 0 Å². The fourth-order valence-corrected chi connectivity index (χ4v) is 2.12. The first-order valence-corrected chi connectivity index (χ1v) is 6.20. The third-order valence-electron chi connectivity index (χ3n) is 3.22. The third-order valence-corrected chi connectivity index (χ3v) is 3.22. The van der Waals surface area contributed by atoms with Gasteiger partial charge in [-0.15, -0.1) is 0 Å². The summed E-state index contributed by atoms with van der Waals surface area (Å²) in [6, 6.07) is 0. The lowest BCUT2D eigenvalue weighted by atomic mass is 9.82. The average molecular weight is 243 g/mol. The second kappa shape index (κ2) is 7.27. The van der Waals surface area contributed by atoms with Gasteiger partial charge in [-0.1, -0.05) is 0 Å². The van der Waals surface area contributed by atoms with Crippen molar-refractivity contribution in [3.63, 3.8) is 0 Å². The lowest BCUT2D eigenvalue weighted by molar-refractivity contribution is -0.143. The summed E-state index contributed by atoms with van der Waals surface area (Å²) in [4.78, 5) is 22.0. The summed E-state index contributed by atoms with van der Waals surface area (Å²) in [5, 5.41) is 11.7. The average Bonchev–Trinajstić information content (AvgIpc) is 2.34. The Bertz CT molecular complexity index is 259. The Morgan fingerprint density at radius 2 is 1.94 bits per heavy atom. The molecule has 0 aromatic heterocycles. The van der Waals surface area contributed by atoms with Gasteiger partial charge >= 0.3 is 5.97 Å². The second-order valence-electron chi connectivity index (χ2n) is 4.50. The smallest absolute Gasteiger partial charge is 0.306 e. The van der Waals surface area contributed by atoms with Crippen LogP contribution < -0.4 is 5.32 Å². The normalized spacial score (nSPS) is 24.3. The molecule has 0 aromatic rings. The minimum Gasteiger partial charge on any atom is -0.481 e. The van der Waals surface area contributed by atoms with Gasteiger partial charge in [0.05, 0.1) is 5.92 Å². The van der Waals surface area contributed by atoms with Crippen molar-refractivity contribution in [2.45, 2.75) is 32.6 Å². The first-order valence-electron chi connectivity index (χ1n) is 6.20. The van der Waals surface area contributed by atoms with Gasteiger partial charge in [-0.3, -0.25) is 9.59 Å². The molecular weight excluding hydrogens is 222 g/mol. The molecule has 98 valence electrons. The molecule has 0 aliphatic heterocycles. The first-order chi connectivity index (χ1) is 8.13. The Hall–Kier alpha value is -1.10. The number of rotatable bonds is 6. The van der Waals surface area contributed by atoms with Gasteiger partial charge in [0.15, 0.2) is 0 Å². The van der Waals surface area contributed by atoms with Crippen molar-refractivity contribution in [3.8, 4) is 0 Å². The number of carboxylic acid groups (broad SMARTS) is 1. The predicted molar refractivity (Wildman–Crippen MR) is 62.6 cm³/mol. The molecule has 1 aliphatic rings. The summed E-state index contributed by atoms with van der Waals surface area (Å²) in [6.45, 7) is 3.14. The van der Waals surface area contributed by atoms with E-state index in [1.54, 1.807) is 0 Å². The van der Waals surface area contributed by atoms with E-state index in [0.717, 1.165) is 25.7 Å². The van der Waals surface area contributed by atoms with Crippen molar-refractivity contribution in [2.24, 2.45) is 11.8 Å². The van der Waals surface area contributed by atoms with Crippen molar-refractivity contribution in [2.75, 3.05) is 19.8 Å². The largest absolute Gasteiger partial charge is 0.481 e. The van der Waals surface area contributed by atoms with E-state index in [0.29, 0.717) is 19.1 Å². The molecule has 0 atom stereocenters. The highest BCUT2D eigenvalue weighted by molar-refractivity contribution is 5.77. The van der Waals surface area contributed by atoms with E-state index in [9.17, 15) is 9.59 Å². The van der Waals surface area contributed by atoms with Crippen LogP contribution in [0.4, 0.5) is 0 Å². The fraction of sp³-hybridized carbons (Fsp3) is 0.833. The zero-order valence-corrected chi connectivity index (χ0v) is 10.3. The van der Waals surface area contributed by atoms with E-state index < -0.39 is 5.97 Å². The first kappa shape index (κ1) is 14.0. The zero-order valence-electron chi connectivity index (χ0n) is 10.3. The lowest BCUT2D eigenvalue weighted by Crippen LogP contribution is -2.34. The van der Waals surface area contributed by atoms with Gasteiger partial charge in [0.25, 0.3) is 0 Å². The van der Waals surface area contributed by atoms with E-state index >= 15 is 0 Å². The second-order valence-corrected chi connectivity index (χ2v) is 4.50. The van der Waals surface area contributed by atoms with Crippen LogP contribution in [0.1, 0.15) is 32.6 Å². The van der Waals surface area contributed by atoms with Crippen molar-refractivity contribution >= 4 is 11.9 Å². The molecule has 1 aliphatic carbocycles. The topological polar surface area (TPSA) is 75.6 Å². The molecule has 5 nitrogen and oxygen atoms in total. The number of nitrogens with one attached hydrogen (secondary N) is 1. The van der Waals surface area contributed by atoms with Crippen molar-refractivity contribution < 1.29 is 19.4 Å². The predicted octanol–water partition coefficient (Wildman–Crippen LogP) is 1.03. The maximum absolute atomic E-state index is 11.3. The number of ether oxygens (including phenoxy) is 1. The molecule has 0 unspecified atom stereocenters. The number of amides is 1. The van der Waals surface area contributed by atoms with Crippen LogP contribution >= 0.6 is 0 Å². The standard InChI is InChI=1S/C12H21NO4/c1-2-17-8-11(14)13-7-9-3-5-10(6-4-9)12(15)16/h9-10H,2-8H2,1H3,(H,13,14)(H,15,16). The molecule has 0 aromatic carbocycles. The minimum atomic E-state index is -0.691. The van der Waals surface area contributed by atoms with Crippen LogP contribution in [-0.4, -0.2) is 36.7 Å². The highest BCUT2D eigenvalue weighted by Gasteiger charge is 2.25. The molecule has 2 N–H and O–H groups in total. The molecule has 0 bridgehead atoms. The van der Waals surface area contributed by atoms with Gasteiger partial charge in [-0.05, 0) is 38.5 Å². The molecule has 0 radical (unpaired) electrons. The van der Waals surface area contributed by atoms with Crippen LogP contribution in [0.3, 0.4) is 0 Å². The van der Waals surface area contributed by atoms with Crippen LogP contribution in [-0.2, 0) is 14.3 Å². The zero-order chi connectivity index (χ0) is 12.7. The van der Waals surface area contributed by atoms with Crippen LogP contribution in [0.5, 0.6) is 0 Å². The summed E-state index contributed by atoms with van der Waals surface area (Å²) in [5.41, 5.74) is 0. The molecule has 0 heterocycles. The van der Waals surface area contributed by atoms with Gasteiger partial charge in [-0.2, -0.15) is 0 Å². The lowest BCUT2D eigenvalue weighted by Gasteiger charge is -2.26. The summed E-state index contributed by atoms with van der Waals surface area (Å²) >= 11 is 0. The number of carbonyl (C=O) groups excluding carboxylic acids is 1. The Labute approximate surface area is 102 Å². The van der Waals surface area contributed by atoms with E-state index in [-0.39, 0.29) is 18.4 Å². The Balaban J connectivity index is 2.14. The molecule has 0 spiro atoms. The molecule has 1 saturated carbocycles. The van der Waals surface area contributed by atoms with Crippen LogP contribution in [0.15, 0.2) is 0 Å². The van der Waals surface area contributed by atoms with Crippen LogP contribution in [0.2, 0.25) is 0 Å². The van der Waals surface area contributed by atoms with Gasteiger partial charge < -0.3 is 15.2 Å². The summed E-state index contributed by atoms with van der Waals surface area (Å²) in [6.07, 6.45) is 3.21. The maximum atomic E-state index is 11.3. The van der Waals surface area contributed by atoms with E-state index in [2.05, 4.69) is 5.32 Å². The molecule has 1 amide bonds. The molecule has 17 heavy (non-hydrogen) atoms. The van der Waals surface area contributed by atoms with Gasteiger partial charge in [0, 0.05) is 13.2 Å². The molecule has 1 rings (SSSR count). The quantitative estimate of drug-likeness (QED) is 0.730. The van der Waals surface area contributed by atoms with Gasteiger partial charge in [0.2, 0.25) is 5.91 Å². The summed E-state index contributed by atoms with van der Waals surface area (Å²) in [7, 11) is 0. The molecular formula is C12H21NO4. The fourth-order valence-electron chi connectivity index (χ4n) is 2.12. The molecule has 5 heteroatoms.